The maximum absolute atomic E-state index is 10.4. The van der Waals surface area contributed by atoms with Gasteiger partial charge in [-0.2, -0.15) is 0 Å². The molecule has 0 rings (SSSR count). The van der Waals surface area contributed by atoms with Crippen molar-refractivity contribution in [2.45, 2.75) is 39.0 Å². The van der Waals surface area contributed by atoms with Crippen LogP contribution >= 0.6 is 22.6 Å². The number of hydrogen-bond donors (Lipinski definition) is 0. The highest BCUT2D eigenvalue weighted by Gasteiger charge is 1.92. The maximum Gasteiger partial charge on any atom is 0.192 e. The van der Waals surface area contributed by atoms with Gasteiger partial charge in [-0.25, -0.2) is 0 Å². The lowest BCUT2D eigenvalue weighted by atomic mass is 10.2. The molecule has 0 aromatic carbocycles. The monoisotopic (exact) mass is 240 g/mol. The van der Waals surface area contributed by atoms with Crippen molar-refractivity contribution in [3.05, 3.63) is 0 Å². The van der Waals surface area contributed by atoms with Crippen LogP contribution in [-0.4, -0.2) is 3.79 Å². The van der Waals surface area contributed by atoms with Gasteiger partial charge in [-0.1, -0.05) is 26.2 Å². The lowest BCUT2D eigenvalue weighted by molar-refractivity contribution is -0.109. The number of hydrogen-bond acceptors (Lipinski definition) is 1. The highest BCUT2D eigenvalue weighted by Crippen LogP contribution is 2.04. The van der Waals surface area contributed by atoms with Crippen LogP contribution in [0.15, 0.2) is 0 Å². The fourth-order valence-electron chi connectivity index (χ4n) is 0.691. The van der Waals surface area contributed by atoms with Crippen LogP contribution in [0.5, 0.6) is 0 Å². The summed E-state index contributed by atoms with van der Waals surface area (Å²) in [5, 5.41) is 0. The van der Waals surface area contributed by atoms with Crippen LogP contribution in [0, 0.1) is 0 Å². The predicted molar refractivity (Wildman–Crippen MR) is 47.8 cm³/mol. The van der Waals surface area contributed by atoms with Gasteiger partial charge in [-0.3, -0.25) is 4.79 Å². The molecule has 0 aliphatic rings. The minimum absolute atomic E-state index is 0.295. The van der Waals surface area contributed by atoms with Crippen molar-refractivity contribution in [3.8, 4) is 0 Å². The third-order valence-electron chi connectivity index (χ3n) is 1.23. The Balaban J connectivity index is 2.83. The van der Waals surface area contributed by atoms with Crippen LogP contribution in [0.3, 0.4) is 0 Å². The summed E-state index contributed by atoms with van der Waals surface area (Å²) in [4.78, 5) is 10.4. The smallest absolute Gasteiger partial charge is 0.192 e. The van der Waals surface area contributed by atoms with Crippen molar-refractivity contribution in [3.63, 3.8) is 0 Å². The Labute approximate surface area is 70.4 Å². The largest absolute Gasteiger partial charge is 0.288 e. The Morgan fingerprint density at radius 1 is 1.33 bits per heavy atom. The van der Waals surface area contributed by atoms with Crippen molar-refractivity contribution in [2.24, 2.45) is 0 Å². The number of unbranched alkanes of at least 4 members (excludes halogenated alkanes) is 3. The van der Waals surface area contributed by atoms with E-state index in [1.807, 2.05) is 22.6 Å². The van der Waals surface area contributed by atoms with Gasteiger partial charge < -0.3 is 0 Å². The Morgan fingerprint density at radius 2 is 2.00 bits per heavy atom. The van der Waals surface area contributed by atoms with E-state index in [9.17, 15) is 4.79 Å². The van der Waals surface area contributed by atoms with E-state index >= 15 is 0 Å². The fraction of sp³-hybridized carbons (Fsp3) is 0.857. The summed E-state index contributed by atoms with van der Waals surface area (Å²) in [6.07, 6.45) is 5.57. The molecule has 0 N–H and O–H groups in total. The summed E-state index contributed by atoms with van der Waals surface area (Å²) >= 11 is 1.86. The molecule has 54 valence electrons. The molecule has 0 heterocycles. The minimum atomic E-state index is 0.295. The SMILES string of the molecule is CCCCCCC(=O)I. The average molecular weight is 240 g/mol. The molecule has 0 bridgehead atoms. The quantitative estimate of drug-likeness (QED) is 0.410. The third-order valence-corrected chi connectivity index (χ3v) is 1.77. The summed E-state index contributed by atoms with van der Waals surface area (Å²) in [7, 11) is 0. The molecule has 0 saturated carbocycles. The average Bonchev–Trinajstić information content (AvgIpc) is 1.80. The van der Waals surface area contributed by atoms with Gasteiger partial charge >= 0.3 is 0 Å². The Bertz CT molecular complexity index is 81.0. The summed E-state index contributed by atoms with van der Waals surface area (Å²) < 4.78 is 0.295. The number of rotatable bonds is 5. The highest BCUT2D eigenvalue weighted by molar-refractivity contribution is 14.1. The van der Waals surface area contributed by atoms with Crippen molar-refractivity contribution >= 4 is 26.4 Å². The summed E-state index contributed by atoms with van der Waals surface area (Å²) in [5.74, 6) is 0. The van der Waals surface area contributed by atoms with Gasteiger partial charge in [0.25, 0.3) is 0 Å². The lowest BCUT2D eigenvalue weighted by Gasteiger charge is -1.92. The third kappa shape index (κ3) is 8.40. The van der Waals surface area contributed by atoms with Crippen molar-refractivity contribution < 1.29 is 4.79 Å². The van der Waals surface area contributed by atoms with Crippen LogP contribution in [0.4, 0.5) is 0 Å². The summed E-state index contributed by atoms with van der Waals surface area (Å²) in [5.41, 5.74) is 0. The van der Waals surface area contributed by atoms with Gasteiger partial charge in [-0.15, -0.1) is 0 Å². The molecular weight excluding hydrogens is 227 g/mol. The standard InChI is InChI=1S/C7H13IO/c1-2-3-4-5-6-7(8)9/h2-6H2,1H3. The van der Waals surface area contributed by atoms with Crippen molar-refractivity contribution in [1.82, 2.24) is 0 Å². The van der Waals surface area contributed by atoms with Gasteiger partial charge in [0.15, 0.2) is 3.79 Å². The van der Waals surface area contributed by atoms with E-state index in [-0.39, 0.29) is 0 Å². The first-order valence-electron chi connectivity index (χ1n) is 3.45. The molecule has 0 atom stereocenters. The normalized spacial score (nSPS) is 9.56. The molecule has 0 saturated heterocycles. The van der Waals surface area contributed by atoms with Gasteiger partial charge in [0, 0.05) is 6.42 Å². The summed E-state index contributed by atoms with van der Waals surface area (Å²) in [6, 6.07) is 0. The van der Waals surface area contributed by atoms with E-state index in [0.717, 1.165) is 12.8 Å². The van der Waals surface area contributed by atoms with Crippen LogP contribution in [0.25, 0.3) is 0 Å². The highest BCUT2D eigenvalue weighted by atomic mass is 127. The van der Waals surface area contributed by atoms with E-state index < -0.39 is 0 Å². The van der Waals surface area contributed by atoms with Crippen molar-refractivity contribution in [2.75, 3.05) is 0 Å². The molecule has 0 fully saturated rings. The topological polar surface area (TPSA) is 17.1 Å². The Morgan fingerprint density at radius 3 is 2.44 bits per heavy atom. The molecule has 0 aliphatic heterocycles. The molecular formula is C7H13IO. The molecule has 0 radical (unpaired) electrons. The van der Waals surface area contributed by atoms with Crippen LogP contribution in [-0.2, 0) is 4.79 Å². The second kappa shape index (κ2) is 6.52. The van der Waals surface area contributed by atoms with Crippen LogP contribution in [0.2, 0.25) is 0 Å². The van der Waals surface area contributed by atoms with Crippen LogP contribution in [0.1, 0.15) is 39.0 Å². The van der Waals surface area contributed by atoms with E-state index in [1.54, 1.807) is 0 Å². The van der Waals surface area contributed by atoms with Gasteiger partial charge in [0.2, 0.25) is 0 Å². The molecule has 0 aromatic rings. The predicted octanol–water partition coefficient (Wildman–Crippen LogP) is 2.92. The molecule has 2 heteroatoms. The number of carbonyl (C=O) groups excluding carboxylic acids is 1. The first kappa shape index (κ1) is 9.40. The molecule has 1 nitrogen and oxygen atoms in total. The van der Waals surface area contributed by atoms with E-state index in [4.69, 9.17) is 0 Å². The zero-order valence-corrected chi connectivity index (χ0v) is 7.98. The minimum Gasteiger partial charge on any atom is -0.288 e. The fourth-order valence-corrected chi connectivity index (χ4v) is 1.07. The molecule has 0 unspecified atom stereocenters. The Kier molecular flexibility index (Phi) is 6.81. The zero-order chi connectivity index (χ0) is 7.11. The number of carbonyl (C=O) groups is 1. The van der Waals surface area contributed by atoms with E-state index in [0.29, 0.717) is 3.79 Å². The second-order valence-electron chi connectivity index (χ2n) is 2.17. The Hall–Kier alpha value is 0.400. The summed E-state index contributed by atoms with van der Waals surface area (Å²) in [6.45, 7) is 2.17. The zero-order valence-electron chi connectivity index (χ0n) is 5.82. The molecule has 0 spiro atoms. The van der Waals surface area contributed by atoms with E-state index in [2.05, 4.69) is 6.92 Å². The van der Waals surface area contributed by atoms with Gasteiger partial charge in [0.05, 0.1) is 0 Å². The second-order valence-corrected chi connectivity index (χ2v) is 3.37. The molecule has 9 heavy (non-hydrogen) atoms. The van der Waals surface area contributed by atoms with Crippen LogP contribution < -0.4 is 0 Å². The van der Waals surface area contributed by atoms with Gasteiger partial charge in [0.1, 0.15) is 0 Å². The lowest BCUT2D eigenvalue weighted by Crippen LogP contribution is -1.84. The van der Waals surface area contributed by atoms with Crippen molar-refractivity contribution in [1.29, 1.82) is 0 Å². The molecule has 0 amide bonds. The first-order chi connectivity index (χ1) is 4.27. The van der Waals surface area contributed by atoms with Gasteiger partial charge in [-0.05, 0) is 29.0 Å². The molecule has 0 aliphatic carbocycles. The molecule has 0 aromatic heterocycles. The number of halogens is 1. The van der Waals surface area contributed by atoms with E-state index in [1.165, 1.54) is 19.3 Å². The maximum atomic E-state index is 10.4. The first-order valence-corrected chi connectivity index (χ1v) is 4.53.